The van der Waals surface area contributed by atoms with Crippen molar-refractivity contribution in [1.29, 1.82) is 0 Å². The molecule has 0 spiro atoms. The average molecular weight is 225 g/mol. The number of primary amides is 1. The summed E-state index contributed by atoms with van der Waals surface area (Å²) in [6, 6.07) is 1.43. The third-order valence-electron chi connectivity index (χ3n) is 1.85. The van der Waals surface area contributed by atoms with E-state index < -0.39 is 5.91 Å². The molecule has 6 nitrogen and oxygen atoms in total. The van der Waals surface area contributed by atoms with Crippen LogP contribution in [-0.2, 0) is 4.74 Å². The number of aromatic nitrogens is 1. The summed E-state index contributed by atoms with van der Waals surface area (Å²) in [5, 5.41) is 0. The summed E-state index contributed by atoms with van der Waals surface area (Å²) >= 11 is 0. The van der Waals surface area contributed by atoms with Crippen molar-refractivity contribution in [2.24, 2.45) is 5.73 Å². The van der Waals surface area contributed by atoms with Crippen LogP contribution in [0.4, 0.5) is 5.69 Å². The zero-order valence-corrected chi connectivity index (χ0v) is 9.27. The molecule has 4 N–H and O–H groups in total. The third-order valence-corrected chi connectivity index (χ3v) is 1.85. The second-order valence-electron chi connectivity index (χ2n) is 3.37. The lowest BCUT2D eigenvalue weighted by Gasteiger charge is -2.14. The lowest BCUT2D eigenvalue weighted by Crippen LogP contribution is -2.22. The highest BCUT2D eigenvalue weighted by Crippen LogP contribution is 2.18. The Kier molecular flexibility index (Phi) is 4.07. The molecule has 0 aliphatic rings. The first-order chi connectivity index (χ1) is 7.54. The van der Waals surface area contributed by atoms with Crippen LogP contribution in [0.15, 0.2) is 12.3 Å². The second-order valence-corrected chi connectivity index (χ2v) is 3.37. The molecule has 1 heterocycles. The molecule has 1 rings (SSSR count). The van der Waals surface area contributed by atoms with Crippen molar-refractivity contribution in [3.05, 3.63) is 17.8 Å². The zero-order valence-electron chi connectivity index (χ0n) is 9.27. The van der Waals surface area contributed by atoms with Crippen molar-refractivity contribution < 1.29 is 14.3 Å². The summed E-state index contributed by atoms with van der Waals surface area (Å²) in [4.78, 5) is 15.0. The number of carbonyl (C=O) groups excluding carboxylic acids is 1. The molecule has 0 fully saturated rings. The van der Waals surface area contributed by atoms with Crippen LogP contribution < -0.4 is 16.2 Å². The lowest BCUT2D eigenvalue weighted by atomic mass is 10.2. The zero-order chi connectivity index (χ0) is 12.1. The monoisotopic (exact) mass is 225 g/mol. The third kappa shape index (κ3) is 3.09. The van der Waals surface area contributed by atoms with E-state index in [9.17, 15) is 4.79 Å². The highest BCUT2D eigenvalue weighted by molar-refractivity contribution is 5.95. The predicted molar refractivity (Wildman–Crippen MR) is 59.1 cm³/mol. The molecule has 1 unspecified atom stereocenters. The van der Waals surface area contributed by atoms with Crippen molar-refractivity contribution >= 4 is 11.6 Å². The van der Waals surface area contributed by atoms with E-state index in [1.54, 1.807) is 14.0 Å². The first-order valence-electron chi connectivity index (χ1n) is 4.75. The Labute approximate surface area is 93.5 Å². The Morgan fingerprint density at radius 3 is 2.88 bits per heavy atom. The maximum absolute atomic E-state index is 11.1. The molecule has 0 radical (unpaired) electrons. The normalized spacial score (nSPS) is 12.1. The van der Waals surface area contributed by atoms with Gasteiger partial charge >= 0.3 is 0 Å². The fourth-order valence-electron chi connectivity index (χ4n) is 1.20. The molecule has 0 saturated carbocycles. The summed E-state index contributed by atoms with van der Waals surface area (Å²) in [7, 11) is 1.56. The van der Waals surface area contributed by atoms with Crippen LogP contribution in [0.1, 0.15) is 17.3 Å². The van der Waals surface area contributed by atoms with Gasteiger partial charge in [0.25, 0.3) is 5.91 Å². The number of nitrogen functional groups attached to an aromatic ring is 1. The van der Waals surface area contributed by atoms with Crippen molar-refractivity contribution in [3.8, 4) is 5.88 Å². The summed E-state index contributed by atoms with van der Waals surface area (Å²) < 4.78 is 10.3. The van der Waals surface area contributed by atoms with Crippen LogP contribution in [0, 0.1) is 0 Å². The minimum atomic E-state index is -0.626. The first kappa shape index (κ1) is 12.3. The number of nitrogens with zero attached hydrogens (tertiary/aromatic N) is 1. The number of hydrogen-bond donors (Lipinski definition) is 2. The molecule has 0 saturated heterocycles. The fraction of sp³-hybridized carbons (Fsp3) is 0.400. The van der Waals surface area contributed by atoms with Crippen LogP contribution in [0.2, 0.25) is 0 Å². The van der Waals surface area contributed by atoms with Crippen LogP contribution in [0.5, 0.6) is 5.88 Å². The van der Waals surface area contributed by atoms with Gasteiger partial charge in [-0.25, -0.2) is 4.98 Å². The SMILES string of the molecule is COCC(C)Oc1ncc(N)cc1C(N)=O. The molecule has 1 aromatic heterocycles. The summed E-state index contributed by atoms with van der Waals surface area (Å²) in [6.07, 6.45) is 1.18. The molecule has 16 heavy (non-hydrogen) atoms. The van der Waals surface area contributed by atoms with Gasteiger partial charge in [0.15, 0.2) is 0 Å². The van der Waals surface area contributed by atoms with Crippen LogP contribution in [0.25, 0.3) is 0 Å². The summed E-state index contributed by atoms with van der Waals surface area (Å²) in [5.74, 6) is -0.453. The molecule has 0 aliphatic heterocycles. The van der Waals surface area contributed by atoms with Gasteiger partial charge in [0.05, 0.1) is 18.5 Å². The Hall–Kier alpha value is -1.82. The fourth-order valence-corrected chi connectivity index (χ4v) is 1.20. The molecular formula is C10H15N3O3. The molecule has 6 heteroatoms. The van der Waals surface area contributed by atoms with E-state index in [0.717, 1.165) is 0 Å². The Bertz CT molecular complexity index is 382. The summed E-state index contributed by atoms with van der Waals surface area (Å²) in [5.41, 5.74) is 11.2. The number of ether oxygens (including phenoxy) is 2. The summed E-state index contributed by atoms with van der Waals surface area (Å²) in [6.45, 7) is 2.19. The van der Waals surface area contributed by atoms with Crippen molar-refractivity contribution in [1.82, 2.24) is 4.98 Å². The molecule has 1 amide bonds. The highest BCUT2D eigenvalue weighted by Gasteiger charge is 2.14. The maximum Gasteiger partial charge on any atom is 0.254 e. The Morgan fingerprint density at radius 1 is 1.62 bits per heavy atom. The lowest BCUT2D eigenvalue weighted by molar-refractivity contribution is 0.0858. The van der Waals surface area contributed by atoms with Crippen molar-refractivity contribution in [2.75, 3.05) is 19.5 Å². The van der Waals surface area contributed by atoms with Crippen LogP contribution in [-0.4, -0.2) is 30.7 Å². The van der Waals surface area contributed by atoms with Gasteiger partial charge in [-0.1, -0.05) is 0 Å². The predicted octanol–water partition coefficient (Wildman–Crippen LogP) is 0.176. The number of carbonyl (C=O) groups is 1. The number of methoxy groups -OCH3 is 1. The van der Waals surface area contributed by atoms with Gasteiger partial charge in [0.1, 0.15) is 11.7 Å². The van der Waals surface area contributed by atoms with Gasteiger partial charge in [-0.15, -0.1) is 0 Å². The molecule has 0 aliphatic carbocycles. The molecule has 1 atom stereocenters. The number of rotatable bonds is 5. The number of pyridine rings is 1. The number of amides is 1. The van der Waals surface area contributed by atoms with E-state index in [2.05, 4.69) is 4.98 Å². The van der Waals surface area contributed by atoms with E-state index in [4.69, 9.17) is 20.9 Å². The smallest absolute Gasteiger partial charge is 0.254 e. The van der Waals surface area contributed by atoms with Gasteiger partial charge < -0.3 is 20.9 Å². The second kappa shape index (κ2) is 5.32. The van der Waals surface area contributed by atoms with Crippen LogP contribution >= 0.6 is 0 Å². The Balaban J connectivity index is 2.90. The average Bonchev–Trinajstić information content (AvgIpc) is 2.20. The number of nitrogens with two attached hydrogens (primary N) is 2. The van der Waals surface area contributed by atoms with Gasteiger partial charge in [0.2, 0.25) is 5.88 Å². The van der Waals surface area contributed by atoms with Gasteiger partial charge in [0, 0.05) is 7.11 Å². The minimum Gasteiger partial charge on any atom is -0.472 e. The van der Waals surface area contributed by atoms with E-state index in [0.29, 0.717) is 12.3 Å². The molecular weight excluding hydrogens is 210 g/mol. The first-order valence-corrected chi connectivity index (χ1v) is 4.75. The highest BCUT2D eigenvalue weighted by atomic mass is 16.5. The van der Waals surface area contributed by atoms with Gasteiger partial charge in [-0.3, -0.25) is 4.79 Å². The minimum absolute atomic E-state index is 0.169. The quantitative estimate of drug-likeness (QED) is 0.744. The molecule has 0 bridgehead atoms. The molecule has 1 aromatic rings. The number of hydrogen-bond acceptors (Lipinski definition) is 5. The molecule has 88 valence electrons. The van der Waals surface area contributed by atoms with E-state index in [-0.39, 0.29) is 17.5 Å². The van der Waals surface area contributed by atoms with Crippen LogP contribution in [0.3, 0.4) is 0 Å². The maximum atomic E-state index is 11.1. The Morgan fingerprint density at radius 2 is 2.31 bits per heavy atom. The van der Waals surface area contributed by atoms with Crippen molar-refractivity contribution in [3.63, 3.8) is 0 Å². The largest absolute Gasteiger partial charge is 0.472 e. The topological polar surface area (TPSA) is 100 Å². The van der Waals surface area contributed by atoms with E-state index in [1.807, 2.05) is 0 Å². The van der Waals surface area contributed by atoms with Gasteiger partial charge in [-0.05, 0) is 13.0 Å². The van der Waals surface area contributed by atoms with Gasteiger partial charge in [-0.2, -0.15) is 0 Å². The number of anilines is 1. The van der Waals surface area contributed by atoms with Crippen molar-refractivity contribution in [2.45, 2.75) is 13.0 Å². The van der Waals surface area contributed by atoms with E-state index >= 15 is 0 Å². The molecule has 0 aromatic carbocycles. The van der Waals surface area contributed by atoms with E-state index in [1.165, 1.54) is 12.3 Å². The standard InChI is InChI=1S/C10H15N3O3/c1-6(5-15-2)16-10-8(9(12)14)3-7(11)4-13-10/h3-4,6H,5,11H2,1-2H3,(H2,12,14).